The highest BCUT2D eigenvalue weighted by Crippen LogP contribution is 2.33. The van der Waals surface area contributed by atoms with Gasteiger partial charge in [0.1, 0.15) is 5.82 Å². The van der Waals surface area contributed by atoms with Gasteiger partial charge in [0.15, 0.2) is 0 Å². The second kappa shape index (κ2) is 8.91. The summed E-state index contributed by atoms with van der Waals surface area (Å²) in [4.78, 5) is 27.8. The lowest BCUT2D eigenvalue weighted by atomic mass is 9.88. The third-order valence-corrected chi connectivity index (χ3v) is 5.57. The van der Waals surface area contributed by atoms with Crippen molar-refractivity contribution in [2.75, 3.05) is 13.1 Å². The van der Waals surface area contributed by atoms with Gasteiger partial charge in [0, 0.05) is 31.1 Å². The average Bonchev–Trinajstić information content (AvgIpc) is 3.25. The van der Waals surface area contributed by atoms with Crippen molar-refractivity contribution in [3.05, 3.63) is 107 Å². The fourth-order valence-electron chi connectivity index (χ4n) is 3.96. The van der Waals surface area contributed by atoms with Crippen LogP contribution in [0.5, 0.6) is 0 Å². The van der Waals surface area contributed by atoms with E-state index >= 15 is 0 Å². The molecule has 0 unspecified atom stereocenters. The number of nitrogens with one attached hydrogen (secondary N) is 1. The van der Waals surface area contributed by atoms with E-state index in [1.807, 2.05) is 48.5 Å². The van der Waals surface area contributed by atoms with Crippen molar-refractivity contribution < 1.29 is 14.0 Å². The lowest BCUT2D eigenvalue weighted by Crippen LogP contribution is -2.35. The smallest absolute Gasteiger partial charge is 0.253 e. The topological polar surface area (TPSA) is 49.4 Å². The van der Waals surface area contributed by atoms with Crippen LogP contribution in [0, 0.1) is 11.7 Å². The van der Waals surface area contributed by atoms with Gasteiger partial charge in [0.2, 0.25) is 5.91 Å². The van der Waals surface area contributed by atoms with E-state index in [1.54, 1.807) is 29.2 Å². The Morgan fingerprint density at radius 1 is 0.867 bits per heavy atom. The molecule has 0 aromatic heterocycles. The number of rotatable bonds is 5. The lowest BCUT2D eigenvalue weighted by molar-refractivity contribution is -0.125. The van der Waals surface area contributed by atoms with Gasteiger partial charge in [-0.25, -0.2) is 4.39 Å². The van der Waals surface area contributed by atoms with Crippen LogP contribution in [0.1, 0.15) is 27.4 Å². The number of carbonyl (C=O) groups excluding carboxylic acids is 2. The molecule has 0 aliphatic carbocycles. The summed E-state index contributed by atoms with van der Waals surface area (Å²) < 4.78 is 13.1. The third-order valence-electron chi connectivity index (χ3n) is 5.57. The van der Waals surface area contributed by atoms with E-state index in [-0.39, 0.29) is 29.5 Å². The number of nitrogens with zero attached hydrogens (tertiary/aromatic N) is 1. The zero-order valence-corrected chi connectivity index (χ0v) is 16.5. The lowest BCUT2D eigenvalue weighted by Gasteiger charge is -2.18. The summed E-state index contributed by atoms with van der Waals surface area (Å²) >= 11 is 0. The third kappa shape index (κ3) is 4.40. The number of carbonyl (C=O) groups is 2. The van der Waals surface area contributed by atoms with Gasteiger partial charge in [0.05, 0.1) is 5.92 Å². The van der Waals surface area contributed by atoms with Crippen LogP contribution in [0.2, 0.25) is 0 Å². The summed E-state index contributed by atoms with van der Waals surface area (Å²) in [5.74, 6) is -0.894. The van der Waals surface area contributed by atoms with Crippen molar-refractivity contribution in [3.63, 3.8) is 0 Å². The highest BCUT2D eigenvalue weighted by molar-refractivity contribution is 5.95. The van der Waals surface area contributed by atoms with Crippen LogP contribution in [-0.2, 0) is 11.3 Å². The van der Waals surface area contributed by atoms with Crippen molar-refractivity contribution >= 4 is 11.8 Å². The van der Waals surface area contributed by atoms with E-state index in [0.717, 1.165) is 11.1 Å². The minimum absolute atomic E-state index is 0.0645. The second-order valence-electron chi connectivity index (χ2n) is 7.54. The number of amides is 2. The average molecular weight is 402 g/mol. The van der Waals surface area contributed by atoms with E-state index in [4.69, 9.17) is 0 Å². The zero-order valence-electron chi connectivity index (χ0n) is 16.5. The maximum Gasteiger partial charge on any atom is 0.253 e. The number of halogens is 1. The summed E-state index contributed by atoms with van der Waals surface area (Å²) in [6.07, 6.45) is 0. The van der Waals surface area contributed by atoms with Crippen LogP contribution >= 0.6 is 0 Å². The van der Waals surface area contributed by atoms with Gasteiger partial charge in [-0.3, -0.25) is 9.59 Å². The fraction of sp³-hybridized carbons (Fsp3) is 0.200. The Bertz CT molecular complexity index is 1010. The van der Waals surface area contributed by atoms with Gasteiger partial charge in [0.25, 0.3) is 5.91 Å². The highest BCUT2D eigenvalue weighted by atomic mass is 19.1. The van der Waals surface area contributed by atoms with Crippen LogP contribution in [0.25, 0.3) is 0 Å². The Balaban J connectivity index is 1.51. The summed E-state index contributed by atoms with van der Waals surface area (Å²) in [5.41, 5.74) is 2.50. The number of benzene rings is 3. The molecule has 5 heteroatoms. The van der Waals surface area contributed by atoms with Crippen LogP contribution < -0.4 is 5.32 Å². The summed E-state index contributed by atoms with van der Waals surface area (Å²) in [6, 6.07) is 25.0. The Labute approximate surface area is 175 Å². The Morgan fingerprint density at radius 2 is 1.50 bits per heavy atom. The molecule has 0 radical (unpaired) electrons. The quantitative estimate of drug-likeness (QED) is 0.701. The first-order chi connectivity index (χ1) is 14.6. The molecule has 1 N–H and O–H groups in total. The van der Waals surface area contributed by atoms with Gasteiger partial charge < -0.3 is 10.2 Å². The van der Waals surface area contributed by atoms with Crippen molar-refractivity contribution in [3.8, 4) is 0 Å². The molecule has 0 saturated carbocycles. The maximum atomic E-state index is 13.1. The molecule has 1 aliphatic rings. The molecule has 1 fully saturated rings. The molecule has 4 nitrogen and oxygen atoms in total. The first-order valence-corrected chi connectivity index (χ1v) is 10.0. The molecular weight excluding hydrogens is 379 g/mol. The van der Waals surface area contributed by atoms with Gasteiger partial charge >= 0.3 is 0 Å². The molecule has 2 atom stereocenters. The van der Waals surface area contributed by atoms with Gasteiger partial charge in [-0.1, -0.05) is 60.7 Å². The zero-order chi connectivity index (χ0) is 20.9. The summed E-state index contributed by atoms with van der Waals surface area (Å²) in [6.45, 7) is 1.18. The molecular formula is C25H23FN2O2. The molecule has 152 valence electrons. The first-order valence-electron chi connectivity index (χ1n) is 10.0. The van der Waals surface area contributed by atoms with Crippen molar-refractivity contribution in [1.29, 1.82) is 0 Å². The van der Waals surface area contributed by atoms with Crippen LogP contribution in [0.15, 0.2) is 84.9 Å². The molecule has 30 heavy (non-hydrogen) atoms. The molecule has 0 bridgehead atoms. The minimum atomic E-state index is -0.347. The Morgan fingerprint density at radius 3 is 2.17 bits per heavy atom. The normalized spacial score (nSPS) is 18.2. The van der Waals surface area contributed by atoms with Crippen molar-refractivity contribution in [1.82, 2.24) is 10.2 Å². The number of likely N-dealkylation sites (tertiary alicyclic amines) is 1. The monoisotopic (exact) mass is 402 g/mol. The molecule has 4 rings (SSSR count). The van der Waals surface area contributed by atoms with Crippen molar-refractivity contribution in [2.45, 2.75) is 12.5 Å². The van der Waals surface area contributed by atoms with Gasteiger partial charge in [-0.05, 0) is 35.4 Å². The van der Waals surface area contributed by atoms with Gasteiger partial charge in [-0.2, -0.15) is 0 Å². The predicted octanol–water partition coefficient (Wildman–Crippen LogP) is 4.00. The molecule has 1 saturated heterocycles. The van der Waals surface area contributed by atoms with Crippen LogP contribution in [0.3, 0.4) is 0 Å². The summed E-state index contributed by atoms with van der Waals surface area (Å²) in [7, 11) is 0. The van der Waals surface area contributed by atoms with E-state index in [0.29, 0.717) is 25.2 Å². The molecule has 3 aromatic carbocycles. The molecule has 3 aromatic rings. The maximum absolute atomic E-state index is 13.1. The first kappa shape index (κ1) is 19.8. The highest BCUT2D eigenvalue weighted by Gasteiger charge is 2.40. The molecule has 0 spiro atoms. The van der Waals surface area contributed by atoms with E-state index < -0.39 is 0 Å². The molecule has 2 amide bonds. The number of hydrogen-bond acceptors (Lipinski definition) is 2. The largest absolute Gasteiger partial charge is 0.352 e. The van der Waals surface area contributed by atoms with Crippen LogP contribution in [-0.4, -0.2) is 29.8 Å². The van der Waals surface area contributed by atoms with E-state index in [9.17, 15) is 14.0 Å². The van der Waals surface area contributed by atoms with E-state index in [2.05, 4.69) is 5.32 Å². The Kier molecular flexibility index (Phi) is 5.89. The van der Waals surface area contributed by atoms with Crippen molar-refractivity contribution in [2.24, 2.45) is 5.92 Å². The molecule has 1 aliphatic heterocycles. The minimum Gasteiger partial charge on any atom is -0.352 e. The van der Waals surface area contributed by atoms with E-state index in [1.165, 1.54) is 12.1 Å². The SMILES string of the molecule is O=C(NCc1ccc(F)cc1)[C@H]1CN(C(=O)c2ccccc2)C[C@H]1c1ccccc1. The fourth-order valence-corrected chi connectivity index (χ4v) is 3.96. The van der Waals surface area contributed by atoms with Crippen LogP contribution in [0.4, 0.5) is 4.39 Å². The molecule has 1 heterocycles. The summed E-state index contributed by atoms with van der Waals surface area (Å²) in [5, 5.41) is 2.96. The Hall–Kier alpha value is -3.47. The predicted molar refractivity (Wildman–Crippen MR) is 113 cm³/mol. The standard InChI is InChI=1S/C25H23FN2O2/c26-21-13-11-18(12-14-21)15-27-24(29)23-17-28(25(30)20-9-5-2-6-10-20)16-22(23)19-7-3-1-4-8-19/h1-14,22-23H,15-17H2,(H,27,29)/t22-,23-/m0/s1. The van der Waals surface area contributed by atoms with Gasteiger partial charge in [-0.15, -0.1) is 0 Å². The second-order valence-corrected chi connectivity index (χ2v) is 7.54. The number of hydrogen-bond donors (Lipinski definition) is 1.